The molecule has 0 aromatic carbocycles. The molecule has 0 atom stereocenters. The number of fused-ring (bicyclic) bond motifs is 3. The molecule has 4 nitrogen and oxygen atoms in total. The Hall–Kier alpha value is -0.910. The van der Waals surface area contributed by atoms with Crippen LogP contribution in [0.25, 0.3) is 10.2 Å². The molecule has 0 saturated heterocycles. The Labute approximate surface area is 121 Å². The van der Waals surface area contributed by atoms with Crippen molar-refractivity contribution in [2.45, 2.75) is 25.7 Å². The number of aromatic nitrogens is 2. The third-order valence-electron chi connectivity index (χ3n) is 3.39. The molecule has 1 aliphatic carbocycles. The van der Waals surface area contributed by atoms with Gasteiger partial charge in [0.05, 0.1) is 12.0 Å². The summed E-state index contributed by atoms with van der Waals surface area (Å²) in [6.07, 6.45) is 4.80. The number of nitrogens with one attached hydrogen (secondary N) is 1. The van der Waals surface area contributed by atoms with Crippen LogP contribution >= 0.6 is 22.9 Å². The van der Waals surface area contributed by atoms with E-state index < -0.39 is 0 Å². The summed E-state index contributed by atoms with van der Waals surface area (Å²) in [5.41, 5.74) is 1.42. The Morgan fingerprint density at radius 2 is 2.16 bits per heavy atom. The third kappa shape index (κ3) is 2.55. The first-order valence-electron chi connectivity index (χ1n) is 6.50. The Bertz CT molecular complexity index is 599. The van der Waals surface area contributed by atoms with Crippen molar-refractivity contribution in [1.29, 1.82) is 0 Å². The van der Waals surface area contributed by atoms with Crippen LogP contribution in [-0.4, -0.2) is 30.2 Å². The minimum Gasteiger partial charge on any atom is -0.383 e. The van der Waals surface area contributed by atoms with E-state index in [1.165, 1.54) is 28.7 Å². The zero-order valence-corrected chi connectivity index (χ0v) is 12.4. The lowest BCUT2D eigenvalue weighted by atomic mass is 9.97. The predicted octanol–water partition coefficient (Wildman–Crippen LogP) is 3.28. The van der Waals surface area contributed by atoms with Crippen LogP contribution in [0.1, 0.15) is 23.3 Å². The van der Waals surface area contributed by atoms with Gasteiger partial charge in [-0.1, -0.05) is 0 Å². The maximum atomic E-state index is 6.01. The molecule has 1 N–H and O–H groups in total. The molecule has 0 saturated carbocycles. The molecule has 0 fully saturated rings. The monoisotopic (exact) mass is 297 g/mol. The Balaban J connectivity index is 2.05. The molecule has 2 heterocycles. The maximum absolute atomic E-state index is 6.01. The molecular formula is C13H16ClN3OS. The van der Waals surface area contributed by atoms with Crippen molar-refractivity contribution >= 4 is 39.0 Å². The maximum Gasteiger partial charge on any atom is 0.225 e. The average Bonchev–Trinajstić information content (AvgIpc) is 2.76. The first kappa shape index (κ1) is 13.1. The van der Waals surface area contributed by atoms with E-state index in [9.17, 15) is 0 Å². The van der Waals surface area contributed by atoms with Gasteiger partial charge in [-0.15, -0.1) is 11.3 Å². The Morgan fingerprint density at radius 3 is 3.00 bits per heavy atom. The van der Waals surface area contributed by atoms with Gasteiger partial charge >= 0.3 is 0 Å². The molecule has 19 heavy (non-hydrogen) atoms. The van der Waals surface area contributed by atoms with Crippen LogP contribution in [0.15, 0.2) is 0 Å². The van der Waals surface area contributed by atoms with E-state index in [0.29, 0.717) is 11.9 Å². The second-order valence-corrected chi connectivity index (χ2v) is 6.07. The molecule has 2 aromatic heterocycles. The van der Waals surface area contributed by atoms with Crippen LogP contribution in [0.3, 0.4) is 0 Å². The second kappa shape index (κ2) is 5.61. The van der Waals surface area contributed by atoms with Crippen molar-refractivity contribution in [3.63, 3.8) is 0 Å². The highest BCUT2D eigenvalue weighted by Gasteiger charge is 2.20. The molecule has 3 rings (SSSR count). The van der Waals surface area contributed by atoms with Crippen LogP contribution in [0.5, 0.6) is 0 Å². The Kier molecular flexibility index (Phi) is 3.86. The molecular weight excluding hydrogens is 282 g/mol. The van der Waals surface area contributed by atoms with Gasteiger partial charge < -0.3 is 10.1 Å². The highest BCUT2D eigenvalue weighted by atomic mass is 35.5. The molecule has 0 spiro atoms. The normalized spacial score (nSPS) is 14.6. The quantitative estimate of drug-likeness (QED) is 0.695. The van der Waals surface area contributed by atoms with E-state index >= 15 is 0 Å². The second-order valence-electron chi connectivity index (χ2n) is 4.65. The molecule has 102 valence electrons. The highest BCUT2D eigenvalue weighted by molar-refractivity contribution is 7.19. The molecule has 0 radical (unpaired) electrons. The number of halogens is 1. The van der Waals surface area contributed by atoms with Crippen LogP contribution in [0, 0.1) is 0 Å². The molecule has 0 amide bonds. The van der Waals surface area contributed by atoms with E-state index in [1.807, 2.05) is 0 Å². The predicted molar refractivity (Wildman–Crippen MR) is 79.4 cm³/mol. The fraction of sp³-hybridized carbons (Fsp3) is 0.538. The number of hydrogen-bond donors (Lipinski definition) is 1. The minimum absolute atomic E-state index is 0.311. The summed E-state index contributed by atoms with van der Waals surface area (Å²) >= 11 is 7.77. The van der Waals surface area contributed by atoms with E-state index in [-0.39, 0.29) is 0 Å². The number of anilines is 1. The van der Waals surface area contributed by atoms with Crippen molar-refractivity contribution in [3.8, 4) is 0 Å². The zero-order valence-electron chi connectivity index (χ0n) is 10.8. The lowest BCUT2D eigenvalue weighted by molar-refractivity contribution is 0.210. The topological polar surface area (TPSA) is 47.0 Å². The smallest absolute Gasteiger partial charge is 0.225 e. The van der Waals surface area contributed by atoms with Gasteiger partial charge in [-0.3, -0.25) is 0 Å². The van der Waals surface area contributed by atoms with Crippen molar-refractivity contribution in [3.05, 3.63) is 15.7 Å². The van der Waals surface area contributed by atoms with Gasteiger partial charge in [-0.2, -0.15) is 0 Å². The zero-order chi connectivity index (χ0) is 13.2. The van der Waals surface area contributed by atoms with Crippen LogP contribution < -0.4 is 5.32 Å². The molecule has 0 bridgehead atoms. The first-order chi connectivity index (χ1) is 9.29. The van der Waals surface area contributed by atoms with Crippen molar-refractivity contribution in [2.75, 3.05) is 25.6 Å². The van der Waals surface area contributed by atoms with E-state index in [2.05, 4.69) is 15.3 Å². The van der Waals surface area contributed by atoms with Gasteiger partial charge in [-0.05, 0) is 42.8 Å². The number of rotatable bonds is 4. The van der Waals surface area contributed by atoms with Gasteiger partial charge in [0.1, 0.15) is 10.6 Å². The summed E-state index contributed by atoms with van der Waals surface area (Å²) in [5.74, 6) is 0.853. The molecule has 0 aliphatic heterocycles. The van der Waals surface area contributed by atoms with Gasteiger partial charge in [0.2, 0.25) is 5.28 Å². The minimum atomic E-state index is 0.311. The SMILES string of the molecule is COCCNc1nc(Cl)nc2sc3c(c12)CCCC3. The molecule has 1 aliphatic rings. The van der Waals surface area contributed by atoms with Crippen LogP contribution in [-0.2, 0) is 17.6 Å². The number of hydrogen-bond acceptors (Lipinski definition) is 5. The first-order valence-corrected chi connectivity index (χ1v) is 7.69. The van der Waals surface area contributed by atoms with E-state index in [1.54, 1.807) is 18.4 Å². The summed E-state index contributed by atoms with van der Waals surface area (Å²) in [6.45, 7) is 1.37. The summed E-state index contributed by atoms with van der Waals surface area (Å²) in [4.78, 5) is 11.2. The van der Waals surface area contributed by atoms with E-state index in [4.69, 9.17) is 16.3 Å². The van der Waals surface area contributed by atoms with Crippen molar-refractivity contribution in [1.82, 2.24) is 9.97 Å². The summed E-state index contributed by atoms with van der Waals surface area (Å²) in [7, 11) is 1.69. The number of methoxy groups -OCH3 is 1. The fourth-order valence-electron chi connectivity index (χ4n) is 2.53. The fourth-order valence-corrected chi connectivity index (χ4v) is 4.01. The number of ether oxygens (including phenoxy) is 1. The number of nitrogens with zero attached hydrogens (tertiary/aromatic N) is 2. The van der Waals surface area contributed by atoms with Crippen LogP contribution in [0.2, 0.25) is 5.28 Å². The number of aryl methyl sites for hydroxylation is 2. The highest BCUT2D eigenvalue weighted by Crippen LogP contribution is 2.38. The molecule has 2 aromatic rings. The average molecular weight is 298 g/mol. The van der Waals surface area contributed by atoms with E-state index in [0.717, 1.165) is 30.0 Å². The lowest BCUT2D eigenvalue weighted by Gasteiger charge is -2.12. The van der Waals surface area contributed by atoms with Crippen molar-refractivity contribution in [2.24, 2.45) is 0 Å². The molecule has 0 unspecified atom stereocenters. The Morgan fingerprint density at radius 1 is 1.32 bits per heavy atom. The number of thiophene rings is 1. The van der Waals surface area contributed by atoms with Gasteiger partial charge in [0.15, 0.2) is 0 Å². The van der Waals surface area contributed by atoms with Crippen LogP contribution in [0.4, 0.5) is 5.82 Å². The van der Waals surface area contributed by atoms with Gasteiger partial charge in [0, 0.05) is 18.5 Å². The lowest BCUT2D eigenvalue weighted by Crippen LogP contribution is -2.10. The van der Waals surface area contributed by atoms with Gasteiger partial charge in [-0.25, -0.2) is 9.97 Å². The molecule has 6 heteroatoms. The largest absolute Gasteiger partial charge is 0.383 e. The third-order valence-corrected chi connectivity index (χ3v) is 4.74. The van der Waals surface area contributed by atoms with Gasteiger partial charge in [0.25, 0.3) is 0 Å². The summed E-state index contributed by atoms with van der Waals surface area (Å²) in [6, 6.07) is 0. The summed E-state index contributed by atoms with van der Waals surface area (Å²) in [5, 5.41) is 4.79. The van der Waals surface area contributed by atoms with Crippen molar-refractivity contribution < 1.29 is 4.74 Å². The standard InChI is InChI=1S/C13H16ClN3OS/c1-18-7-6-15-11-10-8-4-2-3-5-9(8)19-12(10)17-13(14)16-11/h2-7H2,1H3,(H,15,16,17). The summed E-state index contributed by atoms with van der Waals surface area (Å²) < 4.78 is 5.06.